The number of rotatable bonds is 6. The number of benzene rings is 1. The number of aryl methyl sites for hydroxylation is 3. The van der Waals surface area contributed by atoms with Gasteiger partial charge in [-0.25, -0.2) is 4.98 Å². The summed E-state index contributed by atoms with van der Waals surface area (Å²) in [5.74, 6) is 2.67. The Bertz CT molecular complexity index is 1020. The summed E-state index contributed by atoms with van der Waals surface area (Å²) in [5, 5.41) is 10.7. The van der Waals surface area contributed by atoms with Gasteiger partial charge in [0.2, 0.25) is 5.89 Å². The Morgan fingerprint density at radius 3 is 2.65 bits per heavy atom. The molecule has 6 nitrogen and oxygen atoms in total. The van der Waals surface area contributed by atoms with Gasteiger partial charge in [0.05, 0.1) is 18.9 Å². The number of piperidine rings is 1. The monoisotopic (exact) mass is 421 g/mol. The second-order valence-corrected chi connectivity index (χ2v) is 8.50. The van der Waals surface area contributed by atoms with Crippen LogP contribution < -0.4 is 4.74 Å². The Labute approximate surface area is 183 Å². The van der Waals surface area contributed by atoms with Crippen molar-refractivity contribution in [3.8, 4) is 17.2 Å². The number of methoxy groups -OCH3 is 1. The van der Waals surface area contributed by atoms with E-state index in [9.17, 15) is 5.11 Å². The number of hydrogen-bond acceptors (Lipinski definition) is 6. The fourth-order valence-electron chi connectivity index (χ4n) is 4.39. The number of nitrogens with zero attached hydrogens (tertiary/aromatic N) is 3. The van der Waals surface area contributed by atoms with Crippen molar-refractivity contribution in [3.05, 3.63) is 64.8 Å². The fourth-order valence-corrected chi connectivity index (χ4v) is 4.39. The highest BCUT2D eigenvalue weighted by atomic mass is 16.5. The fraction of sp³-hybridized carbons (Fsp3) is 0.440. The van der Waals surface area contributed by atoms with Gasteiger partial charge in [0.15, 0.2) is 0 Å². The van der Waals surface area contributed by atoms with Gasteiger partial charge in [-0.1, -0.05) is 6.07 Å². The van der Waals surface area contributed by atoms with Gasteiger partial charge in [0.1, 0.15) is 11.5 Å². The van der Waals surface area contributed by atoms with Crippen molar-refractivity contribution >= 4 is 0 Å². The van der Waals surface area contributed by atoms with E-state index in [0.717, 1.165) is 71.9 Å². The quantitative estimate of drug-likeness (QED) is 0.626. The van der Waals surface area contributed by atoms with Gasteiger partial charge in [-0.2, -0.15) is 0 Å². The number of aromatic nitrogens is 2. The summed E-state index contributed by atoms with van der Waals surface area (Å²) < 4.78 is 11.5. The van der Waals surface area contributed by atoms with Crippen molar-refractivity contribution in [1.29, 1.82) is 0 Å². The minimum absolute atomic E-state index is 0.263. The molecule has 3 heterocycles. The van der Waals surface area contributed by atoms with Crippen LogP contribution in [0.2, 0.25) is 0 Å². The third-order valence-corrected chi connectivity index (χ3v) is 6.34. The van der Waals surface area contributed by atoms with E-state index >= 15 is 0 Å². The first-order valence-corrected chi connectivity index (χ1v) is 10.9. The summed E-state index contributed by atoms with van der Waals surface area (Å²) in [4.78, 5) is 11.4. The molecule has 1 atom stereocenters. The van der Waals surface area contributed by atoms with Gasteiger partial charge in [0, 0.05) is 24.5 Å². The molecule has 164 valence electrons. The van der Waals surface area contributed by atoms with Gasteiger partial charge in [-0.05, 0) is 87.5 Å². The lowest BCUT2D eigenvalue weighted by Gasteiger charge is -2.33. The first-order chi connectivity index (χ1) is 15.0. The van der Waals surface area contributed by atoms with E-state index in [1.807, 2.05) is 32.0 Å². The summed E-state index contributed by atoms with van der Waals surface area (Å²) in [6.07, 6.45) is 4.97. The average molecular weight is 422 g/mol. The summed E-state index contributed by atoms with van der Waals surface area (Å²) in [7, 11) is 1.69. The van der Waals surface area contributed by atoms with Crippen LogP contribution in [0.5, 0.6) is 5.75 Å². The molecular formula is C25H31N3O3. The van der Waals surface area contributed by atoms with Gasteiger partial charge in [0.25, 0.3) is 0 Å². The maximum Gasteiger partial charge on any atom is 0.226 e. The summed E-state index contributed by atoms with van der Waals surface area (Å²) in [6.45, 7) is 8.70. The summed E-state index contributed by atoms with van der Waals surface area (Å²) in [5.41, 5.74) is 5.04. The van der Waals surface area contributed by atoms with Crippen molar-refractivity contribution in [3.63, 3.8) is 0 Å². The second-order valence-electron chi connectivity index (χ2n) is 8.50. The second kappa shape index (κ2) is 9.20. The zero-order valence-electron chi connectivity index (χ0n) is 18.8. The number of aliphatic hydroxyl groups is 1. The number of oxazole rings is 1. The standard InChI is InChI=1S/C25H31N3O3/c1-16-13-23(30-4)17(2)12-21(16)25-27-22(18(3)31-25)15-28-10-7-19(8-11-28)24(29)20-6-5-9-26-14-20/h5-6,9,12-14,19,24,29H,7-8,10-11,15H2,1-4H3. The molecule has 0 aliphatic carbocycles. The van der Waals surface area contributed by atoms with Crippen molar-refractivity contribution < 1.29 is 14.3 Å². The van der Waals surface area contributed by atoms with Crippen molar-refractivity contribution in [2.75, 3.05) is 20.2 Å². The molecule has 1 aromatic carbocycles. The summed E-state index contributed by atoms with van der Waals surface area (Å²) in [6, 6.07) is 7.94. The minimum Gasteiger partial charge on any atom is -0.496 e. The van der Waals surface area contributed by atoms with Crippen LogP contribution in [0.3, 0.4) is 0 Å². The van der Waals surface area contributed by atoms with E-state index < -0.39 is 6.10 Å². The smallest absolute Gasteiger partial charge is 0.226 e. The number of ether oxygens (including phenoxy) is 1. The zero-order valence-corrected chi connectivity index (χ0v) is 18.8. The topological polar surface area (TPSA) is 71.6 Å². The molecule has 2 aromatic heterocycles. The van der Waals surface area contributed by atoms with E-state index in [-0.39, 0.29) is 5.92 Å². The molecule has 1 fully saturated rings. The Kier molecular flexibility index (Phi) is 6.39. The Balaban J connectivity index is 1.41. The minimum atomic E-state index is -0.447. The lowest BCUT2D eigenvalue weighted by molar-refractivity contribution is 0.0561. The maximum absolute atomic E-state index is 10.7. The molecule has 1 aliphatic rings. The third kappa shape index (κ3) is 4.65. The molecule has 31 heavy (non-hydrogen) atoms. The van der Waals surface area contributed by atoms with Crippen LogP contribution in [-0.4, -0.2) is 40.2 Å². The number of aliphatic hydroxyl groups excluding tert-OH is 1. The number of hydrogen-bond donors (Lipinski definition) is 1. The van der Waals surface area contributed by atoms with E-state index in [0.29, 0.717) is 5.89 Å². The molecule has 0 radical (unpaired) electrons. The van der Waals surface area contributed by atoms with E-state index in [4.69, 9.17) is 14.1 Å². The highest BCUT2D eigenvalue weighted by Crippen LogP contribution is 2.33. The molecule has 0 amide bonds. The molecule has 1 N–H and O–H groups in total. The molecular weight excluding hydrogens is 390 g/mol. The van der Waals surface area contributed by atoms with Crippen molar-refractivity contribution in [2.45, 2.75) is 46.3 Å². The van der Waals surface area contributed by atoms with Crippen LogP contribution in [-0.2, 0) is 6.54 Å². The molecule has 1 saturated heterocycles. The van der Waals surface area contributed by atoms with Crippen LogP contribution in [0.15, 0.2) is 41.1 Å². The van der Waals surface area contributed by atoms with Crippen molar-refractivity contribution in [1.82, 2.24) is 14.9 Å². The van der Waals surface area contributed by atoms with Crippen LogP contribution in [0, 0.1) is 26.7 Å². The zero-order chi connectivity index (χ0) is 22.0. The molecule has 0 spiro atoms. The SMILES string of the molecule is COc1cc(C)c(-c2nc(CN3CCC(C(O)c4cccnc4)CC3)c(C)o2)cc1C. The Morgan fingerprint density at radius 2 is 1.97 bits per heavy atom. The normalized spacial score (nSPS) is 16.4. The predicted octanol–water partition coefficient (Wildman–Crippen LogP) is 4.62. The molecule has 1 aliphatic heterocycles. The van der Waals surface area contributed by atoms with Crippen LogP contribution >= 0.6 is 0 Å². The lowest BCUT2D eigenvalue weighted by Crippen LogP contribution is -2.35. The number of likely N-dealkylation sites (tertiary alicyclic amines) is 1. The van der Waals surface area contributed by atoms with Gasteiger partial charge in [-0.15, -0.1) is 0 Å². The van der Waals surface area contributed by atoms with Crippen LogP contribution in [0.25, 0.3) is 11.5 Å². The molecule has 0 saturated carbocycles. The predicted molar refractivity (Wildman–Crippen MR) is 120 cm³/mol. The molecule has 1 unspecified atom stereocenters. The average Bonchev–Trinajstić information content (AvgIpc) is 3.15. The van der Waals surface area contributed by atoms with Gasteiger partial charge in [-0.3, -0.25) is 9.88 Å². The van der Waals surface area contributed by atoms with E-state index in [1.54, 1.807) is 19.5 Å². The largest absolute Gasteiger partial charge is 0.496 e. The van der Waals surface area contributed by atoms with Crippen LogP contribution in [0.1, 0.15) is 47.1 Å². The van der Waals surface area contributed by atoms with E-state index in [2.05, 4.69) is 22.9 Å². The Hall–Kier alpha value is -2.70. The van der Waals surface area contributed by atoms with Gasteiger partial charge < -0.3 is 14.3 Å². The van der Waals surface area contributed by atoms with Crippen LogP contribution in [0.4, 0.5) is 0 Å². The number of pyridine rings is 1. The van der Waals surface area contributed by atoms with Gasteiger partial charge >= 0.3 is 0 Å². The lowest BCUT2D eigenvalue weighted by atomic mass is 9.88. The highest BCUT2D eigenvalue weighted by molar-refractivity contribution is 5.62. The highest BCUT2D eigenvalue weighted by Gasteiger charge is 2.27. The van der Waals surface area contributed by atoms with Crippen molar-refractivity contribution in [2.24, 2.45) is 5.92 Å². The first-order valence-electron chi connectivity index (χ1n) is 10.9. The molecule has 3 aromatic rings. The molecule has 4 rings (SSSR count). The maximum atomic E-state index is 10.7. The molecule has 6 heteroatoms. The molecule has 0 bridgehead atoms. The summed E-state index contributed by atoms with van der Waals surface area (Å²) >= 11 is 0. The Morgan fingerprint density at radius 1 is 1.19 bits per heavy atom. The first kappa shape index (κ1) is 21.5. The third-order valence-electron chi connectivity index (χ3n) is 6.34. The van der Waals surface area contributed by atoms with E-state index in [1.165, 1.54) is 0 Å².